The van der Waals surface area contributed by atoms with E-state index in [0.29, 0.717) is 57.8 Å². The van der Waals surface area contributed by atoms with Gasteiger partial charge in [-0.15, -0.1) is 0 Å². The van der Waals surface area contributed by atoms with Gasteiger partial charge in [0.2, 0.25) is 0 Å². The average Bonchev–Trinajstić information content (AvgIpc) is 2.85. The molecule has 186 valence electrons. The molecule has 2 aliphatic rings. The lowest BCUT2D eigenvalue weighted by Crippen LogP contribution is -2.37. The van der Waals surface area contributed by atoms with Crippen LogP contribution in [-0.4, -0.2) is 35.0 Å². The van der Waals surface area contributed by atoms with Crippen LogP contribution in [0.1, 0.15) is 49.3 Å². The minimum absolute atomic E-state index is 0.0173. The Morgan fingerprint density at radius 3 is 2.67 bits per heavy atom. The number of rotatable bonds is 6. The fourth-order valence-corrected chi connectivity index (χ4v) is 5.84. The minimum atomic E-state index is -0.626. The van der Waals surface area contributed by atoms with Gasteiger partial charge in [-0.3, -0.25) is 14.6 Å². The Hall–Kier alpha value is -3.59. The van der Waals surface area contributed by atoms with Crippen molar-refractivity contribution >= 4 is 23.4 Å². The van der Waals surface area contributed by atoms with Gasteiger partial charge in [0, 0.05) is 41.4 Å². The highest BCUT2D eigenvalue weighted by molar-refractivity contribution is 7.98. The fourth-order valence-electron chi connectivity index (χ4n) is 5.05. The van der Waals surface area contributed by atoms with E-state index in [2.05, 4.69) is 29.1 Å². The second-order valence-corrected chi connectivity index (χ2v) is 10.7. The van der Waals surface area contributed by atoms with Gasteiger partial charge in [-0.05, 0) is 29.5 Å². The first kappa shape index (κ1) is 24.1. The van der Waals surface area contributed by atoms with Gasteiger partial charge in [-0.25, -0.2) is 4.98 Å². The molecule has 3 aromatic rings. The molecule has 3 heterocycles. The fraction of sp³-hybridized carbons (Fsp3) is 0.333. The molecule has 0 saturated carbocycles. The molecule has 0 unspecified atom stereocenters. The number of aromatic amines is 1. The van der Waals surface area contributed by atoms with Crippen molar-refractivity contribution in [1.82, 2.24) is 15.0 Å². The van der Waals surface area contributed by atoms with Crippen LogP contribution in [-0.2, 0) is 10.5 Å². The summed E-state index contributed by atoms with van der Waals surface area (Å²) in [6, 6.07) is 9.38. The number of hydrogen-bond donors (Lipinski definition) is 2. The maximum absolute atomic E-state index is 13.6. The summed E-state index contributed by atoms with van der Waals surface area (Å²) in [5.41, 5.74) is 3.03. The molecule has 2 N–H and O–H groups in total. The smallest absolute Gasteiger partial charge is 0.257 e. The first-order valence-electron chi connectivity index (χ1n) is 11.7. The molecule has 8 nitrogen and oxygen atoms in total. The number of Topliss-reactive ketones (excluding diaryl/α,β-unsaturated/α-hetero) is 1. The van der Waals surface area contributed by atoms with E-state index < -0.39 is 5.92 Å². The van der Waals surface area contributed by atoms with Gasteiger partial charge in [0.1, 0.15) is 5.82 Å². The third-order valence-corrected chi connectivity index (χ3v) is 7.49. The predicted molar refractivity (Wildman–Crippen MR) is 139 cm³/mol. The zero-order chi connectivity index (χ0) is 25.4. The SMILES string of the molecule is COc1cccc([C@H]2C3=C(CC(C)(C)CC3=O)Nc3nc(SCc4cccnc4)[nH]c(=O)c32)c1OC. The summed E-state index contributed by atoms with van der Waals surface area (Å²) < 4.78 is 11.2. The van der Waals surface area contributed by atoms with Crippen molar-refractivity contribution in [2.75, 3.05) is 19.5 Å². The third kappa shape index (κ3) is 4.39. The molecule has 0 fully saturated rings. The highest BCUT2D eigenvalue weighted by Crippen LogP contribution is 2.50. The molecular formula is C27H28N4O4S. The molecule has 0 radical (unpaired) electrons. The molecule has 2 aromatic heterocycles. The molecule has 1 aliphatic carbocycles. The van der Waals surface area contributed by atoms with Gasteiger partial charge in [-0.1, -0.05) is 43.8 Å². The number of allylic oxidation sites excluding steroid dienone is 2. The predicted octanol–water partition coefficient (Wildman–Crippen LogP) is 4.68. The number of carbonyl (C=O) groups excluding carboxylic acids is 1. The van der Waals surface area contributed by atoms with E-state index in [-0.39, 0.29) is 16.8 Å². The third-order valence-electron chi connectivity index (χ3n) is 6.54. The van der Waals surface area contributed by atoms with Crippen LogP contribution in [0.2, 0.25) is 0 Å². The van der Waals surface area contributed by atoms with Crippen molar-refractivity contribution in [2.45, 2.75) is 43.5 Å². The van der Waals surface area contributed by atoms with Gasteiger partial charge >= 0.3 is 0 Å². The highest BCUT2D eigenvalue weighted by Gasteiger charge is 2.43. The number of ketones is 1. The number of para-hydroxylation sites is 1. The van der Waals surface area contributed by atoms with Crippen LogP contribution in [0.4, 0.5) is 5.82 Å². The quantitative estimate of drug-likeness (QED) is 0.368. The molecule has 1 aromatic carbocycles. The normalized spacial score (nSPS) is 18.2. The van der Waals surface area contributed by atoms with E-state index in [1.54, 1.807) is 32.7 Å². The lowest BCUT2D eigenvalue weighted by molar-refractivity contribution is -0.118. The van der Waals surface area contributed by atoms with Gasteiger partial charge in [-0.2, -0.15) is 0 Å². The maximum Gasteiger partial charge on any atom is 0.257 e. The Labute approximate surface area is 213 Å². The lowest BCUT2D eigenvalue weighted by atomic mass is 9.69. The molecule has 9 heteroatoms. The monoisotopic (exact) mass is 504 g/mol. The number of hydrogen-bond acceptors (Lipinski definition) is 8. The van der Waals surface area contributed by atoms with Gasteiger partial charge in [0.05, 0.1) is 25.7 Å². The Bertz CT molecular complexity index is 1420. The number of H-pyrrole nitrogens is 1. The molecule has 0 amide bonds. The van der Waals surface area contributed by atoms with E-state index in [0.717, 1.165) is 11.3 Å². The molecule has 0 bridgehead atoms. The summed E-state index contributed by atoms with van der Waals surface area (Å²) in [6.45, 7) is 4.15. The second-order valence-electron chi connectivity index (χ2n) is 9.76. The Morgan fingerprint density at radius 2 is 1.94 bits per heavy atom. The summed E-state index contributed by atoms with van der Waals surface area (Å²) in [5.74, 6) is 1.50. The maximum atomic E-state index is 13.6. The number of fused-ring (bicyclic) bond motifs is 1. The number of aromatic nitrogens is 3. The number of nitrogens with one attached hydrogen (secondary N) is 2. The number of thioether (sulfide) groups is 1. The van der Waals surface area contributed by atoms with Crippen LogP contribution in [0.25, 0.3) is 0 Å². The minimum Gasteiger partial charge on any atom is -0.493 e. The highest BCUT2D eigenvalue weighted by atomic mass is 32.2. The van der Waals surface area contributed by atoms with E-state index >= 15 is 0 Å². The Morgan fingerprint density at radius 1 is 1.11 bits per heavy atom. The molecule has 36 heavy (non-hydrogen) atoms. The molecular weight excluding hydrogens is 476 g/mol. The van der Waals surface area contributed by atoms with Crippen molar-refractivity contribution in [3.8, 4) is 11.5 Å². The Kier molecular flexibility index (Phi) is 6.34. The molecule has 5 rings (SSSR count). The zero-order valence-corrected chi connectivity index (χ0v) is 21.5. The number of pyridine rings is 1. The number of ether oxygens (including phenoxy) is 2. The van der Waals surface area contributed by atoms with Crippen LogP contribution < -0.4 is 20.3 Å². The molecule has 0 saturated heterocycles. The summed E-state index contributed by atoms with van der Waals surface area (Å²) in [4.78, 5) is 39.0. The van der Waals surface area contributed by atoms with Crippen LogP contribution >= 0.6 is 11.8 Å². The Balaban J connectivity index is 1.65. The number of benzene rings is 1. The van der Waals surface area contributed by atoms with Crippen molar-refractivity contribution in [1.29, 1.82) is 0 Å². The summed E-state index contributed by atoms with van der Waals surface area (Å²) >= 11 is 1.43. The molecule has 0 spiro atoms. The van der Waals surface area contributed by atoms with Crippen molar-refractivity contribution in [2.24, 2.45) is 5.41 Å². The first-order valence-corrected chi connectivity index (χ1v) is 12.7. The number of carbonyl (C=O) groups is 1. The van der Waals surface area contributed by atoms with E-state index in [1.807, 2.05) is 24.3 Å². The van der Waals surface area contributed by atoms with E-state index in [4.69, 9.17) is 14.5 Å². The molecule has 1 atom stereocenters. The standard InChI is InChI=1S/C27H28N4O4S/c1-27(2)11-17-21(18(32)12-27)20(16-8-5-9-19(34-3)23(16)35-4)22-24(29-17)30-26(31-25(22)33)36-14-15-7-6-10-28-13-15/h5-10,13,20H,11-12,14H2,1-4H3,(H2,29,30,31,33)/t20-/m0/s1. The summed E-state index contributed by atoms with van der Waals surface area (Å²) in [6.07, 6.45) is 4.58. The van der Waals surface area contributed by atoms with Crippen molar-refractivity contribution < 1.29 is 14.3 Å². The largest absolute Gasteiger partial charge is 0.493 e. The summed E-state index contributed by atoms with van der Waals surface area (Å²) in [5, 5.41) is 3.86. The zero-order valence-electron chi connectivity index (χ0n) is 20.7. The number of methoxy groups -OCH3 is 2. The van der Waals surface area contributed by atoms with Gasteiger partial charge in [0.25, 0.3) is 5.56 Å². The number of anilines is 1. The van der Waals surface area contributed by atoms with Crippen LogP contribution in [0.5, 0.6) is 11.5 Å². The number of nitrogens with zero attached hydrogens (tertiary/aromatic N) is 2. The molecule has 1 aliphatic heterocycles. The van der Waals surface area contributed by atoms with Crippen molar-refractivity contribution in [3.05, 3.63) is 81.0 Å². The first-order chi connectivity index (χ1) is 17.3. The van der Waals surface area contributed by atoms with Crippen LogP contribution in [0, 0.1) is 5.41 Å². The topological polar surface area (TPSA) is 106 Å². The van der Waals surface area contributed by atoms with Gasteiger partial charge in [0.15, 0.2) is 22.4 Å². The average molecular weight is 505 g/mol. The lowest BCUT2D eigenvalue weighted by Gasteiger charge is -2.38. The van der Waals surface area contributed by atoms with Gasteiger partial charge < -0.3 is 19.8 Å². The van der Waals surface area contributed by atoms with Crippen LogP contribution in [0.3, 0.4) is 0 Å². The van der Waals surface area contributed by atoms with Crippen molar-refractivity contribution in [3.63, 3.8) is 0 Å². The van der Waals surface area contributed by atoms with E-state index in [9.17, 15) is 9.59 Å². The second kappa shape index (κ2) is 9.46. The summed E-state index contributed by atoms with van der Waals surface area (Å²) in [7, 11) is 3.13. The van der Waals surface area contributed by atoms with E-state index in [1.165, 1.54) is 11.8 Å². The van der Waals surface area contributed by atoms with Crippen LogP contribution in [0.15, 0.2) is 63.9 Å².